The van der Waals surface area contributed by atoms with Crippen molar-refractivity contribution < 1.29 is 18.0 Å². The lowest BCUT2D eigenvalue weighted by Gasteiger charge is -2.19. The Balaban J connectivity index is 1.72. The van der Waals surface area contributed by atoms with Gasteiger partial charge in [0.15, 0.2) is 15.5 Å². The number of nitrogens with one attached hydrogen (secondary N) is 1. The smallest absolute Gasteiger partial charge is 0.254 e. The highest BCUT2D eigenvalue weighted by Gasteiger charge is 2.25. The molecule has 0 radical (unpaired) electrons. The van der Waals surface area contributed by atoms with Gasteiger partial charge in [0.05, 0.1) is 33.7 Å². The van der Waals surface area contributed by atoms with Gasteiger partial charge in [0.2, 0.25) is 0 Å². The summed E-state index contributed by atoms with van der Waals surface area (Å²) < 4.78 is 25.4. The lowest BCUT2D eigenvalue weighted by Crippen LogP contribution is -2.34. The van der Waals surface area contributed by atoms with E-state index >= 15 is 0 Å². The number of aliphatic imine (C=N–C) groups is 1. The van der Waals surface area contributed by atoms with Crippen LogP contribution < -0.4 is 5.32 Å². The molecular formula is C25H27N5O4S. The van der Waals surface area contributed by atoms with E-state index in [1.165, 1.54) is 12.1 Å². The van der Waals surface area contributed by atoms with Crippen LogP contribution in [0.15, 0.2) is 58.1 Å². The zero-order valence-electron chi connectivity index (χ0n) is 20.2. The Labute approximate surface area is 203 Å². The van der Waals surface area contributed by atoms with Crippen LogP contribution in [-0.4, -0.2) is 53.5 Å². The number of rotatable bonds is 6. The van der Waals surface area contributed by atoms with E-state index in [-0.39, 0.29) is 29.3 Å². The number of allylic oxidation sites excluding steroid dienone is 1. The quantitative estimate of drug-likeness (QED) is 0.562. The molecule has 1 aliphatic heterocycles. The van der Waals surface area contributed by atoms with E-state index in [2.05, 4.69) is 15.4 Å². The second-order valence-corrected chi connectivity index (χ2v) is 11.0. The maximum Gasteiger partial charge on any atom is 0.254 e. The molecule has 1 atom stereocenters. The fraction of sp³-hybridized carbons (Fsp3) is 0.320. The number of fused-ring (bicyclic) bond motifs is 1. The molecule has 2 aromatic heterocycles. The molecule has 182 valence electrons. The van der Waals surface area contributed by atoms with Gasteiger partial charge in [-0.2, -0.15) is 5.10 Å². The number of carbonyl (C=O) groups excluding carboxylic acids is 2. The number of amides is 2. The van der Waals surface area contributed by atoms with E-state index in [4.69, 9.17) is 4.98 Å². The summed E-state index contributed by atoms with van der Waals surface area (Å²) >= 11 is 0. The highest BCUT2D eigenvalue weighted by Crippen LogP contribution is 2.27. The normalized spacial score (nSPS) is 16.4. The van der Waals surface area contributed by atoms with Gasteiger partial charge in [0, 0.05) is 30.1 Å². The molecule has 0 saturated carbocycles. The number of nitrogens with zero attached hydrogens (tertiary/aromatic N) is 4. The third kappa shape index (κ3) is 4.93. The molecule has 1 N–H and O–H groups in total. The van der Waals surface area contributed by atoms with Gasteiger partial charge >= 0.3 is 0 Å². The summed E-state index contributed by atoms with van der Waals surface area (Å²) in [5.74, 6) is -1.15. The number of benzene rings is 1. The predicted octanol–water partition coefficient (Wildman–Crippen LogP) is 3.38. The number of sulfone groups is 1. The standard InChI is InChI=1S/C25H27N5O4S/c1-14(2)30-23-21(13-27-30)19(24(31)26-12-20-15(3)10-16(4)28-25(20)32)11-22(29-23)17-6-8-18(9-7-17)35(5,33)34/h6-11,13-14,20H,12H2,1-5H3,(H,26,31). The van der Waals surface area contributed by atoms with Crippen molar-refractivity contribution >= 4 is 38.4 Å². The average molecular weight is 494 g/mol. The Bertz CT molecular complexity index is 1500. The van der Waals surface area contributed by atoms with E-state index in [1.54, 1.807) is 36.0 Å². The average Bonchev–Trinajstić information content (AvgIpc) is 3.21. The minimum atomic E-state index is -3.34. The summed E-state index contributed by atoms with van der Waals surface area (Å²) in [7, 11) is -3.34. The van der Waals surface area contributed by atoms with Gasteiger partial charge in [0.1, 0.15) is 0 Å². The summed E-state index contributed by atoms with van der Waals surface area (Å²) in [5.41, 5.74) is 3.58. The fourth-order valence-electron chi connectivity index (χ4n) is 4.05. The minimum Gasteiger partial charge on any atom is -0.351 e. The van der Waals surface area contributed by atoms with Gasteiger partial charge in [-0.15, -0.1) is 0 Å². The van der Waals surface area contributed by atoms with Crippen LogP contribution in [0, 0.1) is 5.92 Å². The Morgan fingerprint density at radius 3 is 2.46 bits per heavy atom. The molecule has 0 saturated heterocycles. The van der Waals surface area contributed by atoms with E-state index < -0.39 is 15.8 Å². The van der Waals surface area contributed by atoms with Crippen LogP contribution in [0.5, 0.6) is 0 Å². The Morgan fingerprint density at radius 2 is 1.86 bits per heavy atom. The second kappa shape index (κ2) is 9.18. The molecule has 2 amide bonds. The zero-order chi connectivity index (χ0) is 25.5. The first-order chi connectivity index (χ1) is 16.5. The molecule has 3 heterocycles. The monoisotopic (exact) mass is 493 g/mol. The Kier molecular flexibility index (Phi) is 6.42. The second-order valence-electron chi connectivity index (χ2n) is 9.01. The molecule has 1 unspecified atom stereocenters. The largest absolute Gasteiger partial charge is 0.351 e. The third-order valence-electron chi connectivity index (χ3n) is 5.92. The summed E-state index contributed by atoms with van der Waals surface area (Å²) in [6, 6.07) is 8.03. The number of hydrogen-bond donors (Lipinski definition) is 1. The Morgan fingerprint density at radius 1 is 1.17 bits per heavy atom. The number of carbonyl (C=O) groups is 2. The lowest BCUT2D eigenvalue weighted by atomic mass is 9.95. The minimum absolute atomic E-state index is 0.00696. The van der Waals surface area contributed by atoms with Crippen molar-refractivity contribution in [1.82, 2.24) is 20.1 Å². The van der Waals surface area contributed by atoms with Crippen LogP contribution in [-0.2, 0) is 14.6 Å². The lowest BCUT2D eigenvalue weighted by molar-refractivity contribution is -0.120. The van der Waals surface area contributed by atoms with Crippen molar-refractivity contribution in [3.63, 3.8) is 0 Å². The fourth-order valence-corrected chi connectivity index (χ4v) is 4.68. The van der Waals surface area contributed by atoms with Crippen molar-refractivity contribution in [3.05, 3.63) is 53.7 Å². The molecule has 9 nitrogen and oxygen atoms in total. The Hall–Kier alpha value is -3.66. The molecule has 1 aromatic carbocycles. The van der Waals surface area contributed by atoms with Gasteiger partial charge in [-0.05, 0) is 52.0 Å². The van der Waals surface area contributed by atoms with E-state index in [0.29, 0.717) is 33.6 Å². The van der Waals surface area contributed by atoms with E-state index in [1.807, 2.05) is 26.8 Å². The molecule has 0 spiro atoms. The van der Waals surface area contributed by atoms with Crippen molar-refractivity contribution in [2.45, 2.75) is 38.6 Å². The summed E-state index contributed by atoms with van der Waals surface area (Å²) in [4.78, 5) is 34.6. The van der Waals surface area contributed by atoms with E-state index in [9.17, 15) is 18.0 Å². The topological polar surface area (TPSA) is 123 Å². The van der Waals surface area contributed by atoms with Crippen molar-refractivity contribution in [2.75, 3.05) is 12.8 Å². The first-order valence-electron chi connectivity index (χ1n) is 11.2. The van der Waals surface area contributed by atoms with Gasteiger partial charge in [-0.1, -0.05) is 17.7 Å². The van der Waals surface area contributed by atoms with Crippen molar-refractivity contribution in [3.8, 4) is 11.3 Å². The van der Waals surface area contributed by atoms with Gasteiger partial charge < -0.3 is 5.32 Å². The maximum atomic E-state index is 13.3. The van der Waals surface area contributed by atoms with Gasteiger partial charge in [-0.3, -0.25) is 9.59 Å². The van der Waals surface area contributed by atoms with Crippen LogP contribution in [0.2, 0.25) is 0 Å². The van der Waals surface area contributed by atoms with Crippen LogP contribution in [0.4, 0.5) is 0 Å². The molecule has 0 fully saturated rings. The molecule has 3 aromatic rings. The molecule has 4 rings (SSSR count). The first kappa shape index (κ1) is 24.5. The number of pyridine rings is 1. The molecule has 1 aliphatic rings. The highest BCUT2D eigenvalue weighted by atomic mass is 32.2. The van der Waals surface area contributed by atoms with Gasteiger partial charge in [-0.25, -0.2) is 23.1 Å². The summed E-state index contributed by atoms with van der Waals surface area (Å²) in [6.07, 6.45) is 4.60. The van der Waals surface area contributed by atoms with Crippen LogP contribution in [0.3, 0.4) is 0 Å². The van der Waals surface area contributed by atoms with E-state index in [0.717, 1.165) is 11.8 Å². The highest BCUT2D eigenvalue weighted by molar-refractivity contribution is 7.90. The molecular weight excluding hydrogens is 466 g/mol. The molecule has 35 heavy (non-hydrogen) atoms. The zero-order valence-corrected chi connectivity index (χ0v) is 21.0. The van der Waals surface area contributed by atoms with Crippen molar-refractivity contribution in [1.29, 1.82) is 0 Å². The van der Waals surface area contributed by atoms with Crippen molar-refractivity contribution in [2.24, 2.45) is 10.9 Å². The van der Waals surface area contributed by atoms with Crippen LogP contribution in [0.1, 0.15) is 44.1 Å². The first-order valence-corrected chi connectivity index (χ1v) is 13.1. The predicted molar refractivity (Wildman–Crippen MR) is 134 cm³/mol. The molecule has 10 heteroatoms. The molecule has 0 aliphatic carbocycles. The maximum absolute atomic E-state index is 13.3. The summed E-state index contributed by atoms with van der Waals surface area (Å²) in [5, 5.41) is 7.87. The third-order valence-corrected chi connectivity index (χ3v) is 7.04. The molecule has 0 bridgehead atoms. The van der Waals surface area contributed by atoms with Crippen LogP contribution >= 0.6 is 0 Å². The summed E-state index contributed by atoms with van der Waals surface area (Å²) in [6.45, 7) is 7.67. The number of aromatic nitrogens is 3. The SMILES string of the molecule is CC1=CC(C)=NC(=O)C1CNC(=O)c1cc(-c2ccc(S(C)(=O)=O)cc2)nc2c1cnn2C(C)C. The number of hydrogen-bond acceptors (Lipinski definition) is 6. The van der Waals surface area contributed by atoms with Gasteiger partial charge in [0.25, 0.3) is 11.8 Å². The number of dihydropyridines is 1. The van der Waals surface area contributed by atoms with Crippen LogP contribution in [0.25, 0.3) is 22.3 Å².